The number of fused-ring (bicyclic) bond motifs is 2. The predicted molar refractivity (Wildman–Crippen MR) is 115 cm³/mol. The Morgan fingerprint density at radius 3 is 2.36 bits per heavy atom. The van der Waals surface area contributed by atoms with Crippen LogP contribution in [0.1, 0.15) is 51.0 Å². The van der Waals surface area contributed by atoms with E-state index in [4.69, 9.17) is 5.73 Å². The molecule has 6 nitrogen and oxygen atoms in total. The average molecular weight is 409 g/mol. The Morgan fingerprint density at radius 1 is 1.11 bits per heavy atom. The lowest BCUT2D eigenvalue weighted by Crippen LogP contribution is -2.54. The van der Waals surface area contributed by atoms with Gasteiger partial charge in [-0.2, -0.15) is 0 Å². The van der Waals surface area contributed by atoms with Gasteiger partial charge in [-0.3, -0.25) is 4.79 Å². The smallest absolute Gasteiger partial charge is 0.319 e. The molecule has 7 heteroatoms. The third kappa shape index (κ3) is 6.11. The van der Waals surface area contributed by atoms with E-state index in [2.05, 4.69) is 16.0 Å². The number of hydrogen-bond acceptors (Lipinski definition) is 3. The number of amides is 3. The summed E-state index contributed by atoms with van der Waals surface area (Å²) in [5, 5.41) is 8.85. The van der Waals surface area contributed by atoms with Crippen LogP contribution in [0.3, 0.4) is 0 Å². The van der Waals surface area contributed by atoms with E-state index in [1.807, 2.05) is 31.2 Å². The van der Waals surface area contributed by atoms with Crippen molar-refractivity contribution in [1.29, 1.82) is 0 Å². The summed E-state index contributed by atoms with van der Waals surface area (Å²) in [6, 6.07) is 7.84. The minimum absolute atomic E-state index is 0. The summed E-state index contributed by atoms with van der Waals surface area (Å²) < 4.78 is 0. The summed E-state index contributed by atoms with van der Waals surface area (Å²) in [7, 11) is 0. The van der Waals surface area contributed by atoms with Gasteiger partial charge in [0.2, 0.25) is 5.91 Å². The number of nitrogens with two attached hydrogens (primary N) is 1. The number of carbonyl (C=O) groups is 2. The van der Waals surface area contributed by atoms with Crippen molar-refractivity contribution in [1.82, 2.24) is 10.6 Å². The van der Waals surface area contributed by atoms with Crippen LogP contribution in [0.4, 0.5) is 10.5 Å². The van der Waals surface area contributed by atoms with E-state index < -0.39 is 0 Å². The van der Waals surface area contributed by atoms with Gasteiger partial charge in [0.05, 0.1) is 6.42 Å². The third-order valence-corrected chi connectivity index (χ3v) is 5.82. The van der Waals surface area contributed by atoms with Crippen LogP contribution in [0.25, 0.3) is 0 Å². The van der Waals surface area contributed by atoms with Crippen molar-refractivity contribution in [2.24, 2.45) is 17.6 Å². The molecule has 3 amide bonds. The van der Waals surface area contributed by atoms with Crippen molar-refractivity contribution in [2.45, 2.75) is 64.0 Å². The first-order valence-electron chi connectivity index (χ1n) is 10.2. The molecule has 0 spiro atoms. The lowest BCUT2D eigenvalue weighted by atomic mass is 9.67. The van der Waals surface area contributed by atoms with Crippen LogP contribution >= 0.6 is 12.4 Å². The van der Waals surface area contributed by atoms with Crippen LogP contribution in [-0.2, 0) is 11.2 Å². The molecule has 2 saturated carbocycles. The summed E-state index contributed by atoms with van der Waals surface area (Å²) in [5.41, 5.74) is 7.84. The molecule has 2 unspecified atom stereocenters. The minimum atomic E-state index is -0.204. The van der Waals surface area contributed by atoms with Gasteiger partial charge in [0.15, 0.2) is 0 Å². The summed E-state index contributed by atoms with van der Waals surface area (Å²) in [5.74, 6) is 1.14. The van der Waals surface area contributed by atoms with Gasteiger partial charge in [-0.1, -0.05) is 25.5 Å². The minimum Gasteiger partial charge on any atom is -0.353 e. The highest BCUT2D eigenvalue weighted by Crippen LogP contribution is 2.39. The molecular weight excluding hydrogens is 376 g/mol. The van der Waals surface area contributed by atoms with Crippen molar-refractivity contribution in [3.05, 3.63) is 29.8 Å². The molecule has 28 heavy (non-hydrogen) atoms. The van der Waals surface area contributed by atoms with Gasteiger partial charge in [-0.15, -0.1) is 12.4 Å². The van der Waals surface area contributed by atoms with E-state index in [1.54, 1.807) is 0 Å². The van der Waals surface area contributed by atoms with Crippen molar-refractivity contribution < 1.29 is 9.59 Å². The second kappa shape index (κ2) is 10.7. The van der Waals surface area contributed by atoms with Gasteiger partial charge in [-0.05, 0) is 61.6 Å². The number of hydrogen-bond donors (Lipinski definition) is 4. The number of rotatable bonds is 6. The van der Waals surface area contributed by atoms with E-state index in [0.29, 0.717) is 30.8 Å². The highest BCUT2D eigenvalue weighted by molar-refractivity contribution is 5.89. The number of nitrogens with one attached hydrogen (secondary N) is 3. The molecule has 5 N–H and O–H groups in total. The van der Waals surface area contributed by atoms with Crippen LogP contribution in [0, 0.1) is 11.8 Å². The molecule has 1 aromatic rings. The molecule has 2 atom stereocenters. The fraction of sp³-hybridized carbons (Fsp3) is 0.619. The van der Waals surface area contributed by atoms with Crippen LogP contribution < -0.4 is 21.7 Å². The maximum Gasteiger partial charge on any atom is 0.319 e. The van der Waals surface area contributed by atoms with Crippen LogP contribution in [0.2, 0.25) is 0 Å². The molecular formula is C21H33ClN4O2. The van der Waals surface area contributed by atoms with E-state index in [9.17, 15) is 9.59 Å². The summed E-state index contributed by atoms with van der Waals surface area (Å²) >= 11 is 0. The maximum atomic E-state index is 12.6. The molecule has 1 aromatic carbocycles. The highest BCUT2D eigenvalue weighted by atomic mass is 35.5. The zero-order valence-corrected chi connectivity index (χ0v) is 17.4. The van der Waals surface area contributed by atoms with Crippen LogP contribution in [0.5, 0.6) is 0 Å². The van der Waals surface area contributed by atoms with Gasteiger partial charge in [0, 0.05) is 24.3 Å². The Labute approximate surface area is 173 Å². The molecule has 0 radical (unpaired) electrons. The van der Waals surface area contributed by atoms with Crippen molar-refractivity contribution in [3.8, 4) is 0 Å². The van der Waals surface area contributed by atoms with Crippen LogP contribution in [-0.4, -0.2) is 30.6 Å². The molecule has 2 fully saturated rings. The van der Waals surface area contributed by atoms with Crippen molar-refractivity contribution >= 4 is 30.0 Å². The van der Waals surface area contributed by atoms with E-state index >= 15 is 0 Å². The molecule has 2 aliphatic rings. The molecule has 156 valence electrons. The van der Waals surface area contributed by atoms with E-state index in [1.165, 1.54) is 19.3 Å². The van der Waals surface area contributed by atoms with Crippen molar-refractivity contribution in [2.75, 3.05) is 11.9 Å². The number of halogens is 1. The van der Waals surface area contributed by atoms with Gasteiger partial charge in [0.1, 0.15) is 0 Å². The predicted octanol–water partition coefficient (Wildman–Crippen LogP) is 3.20. The lowest BCUT2D eigenvalue weighted by molar-refractivity contribution is -0.122. The second-order valence-corrected chi connectivity index (χ2v) is 8.03. The van der Waals surface area contributed by atoms with Gasteiger partial charge in [0.25, 0.3) is 0 Å². The molecule has 2 bridgehead atoms. The monoisotopic (exact) mass is 408 g/mol. The lowest BCUT2D eigenvalue weighted by Gasteiger charge is -2.45. The first-order chi connectivity index (χ1) is 13.0. The number of anilines is 1. The number of urea groups is 1. The Kier molecular flexibility index (Phi) is 8.58. The standard InChI is InChI=1S/C21H32N4O2.ClH/c1-2-10-23-21(27)24-18-8-6-14(7-9-18)11-19(26)25-20-15-4-3-5-16(20)13-17(22)12-15;/h6-9,15-17,20H,2-5,10-13,22H2,1H3,(H,25,26)(H2,23,24,27);1H. The first-order valence-corrected chi connectivity index (χ1v) is 10.2. The molecule has 0 aliphatic heterocycles. The second-order valence-electron chi connectivity index (χ2n) is 8.03. The fourth-order valence-electron chi connectivity index (χ4n) is 4.57. The maximum absolute atomic E-state index is 12.6. The largest absolute Gasteiger partial charge is 0.353 e. The molecule has 3 rings (SSSR count). The molecule has 2 aliphatic carbocycles. The summed E-state index contributed by atoms with van der Waals surface area (Å²) in [4.78, 5) is 24.2. The quantitative estimate of drug-likeness (QED) is 0.581. The van der Waals surface area contributed by atoms with Gasteiger partial charge in [-0.25, -0.2) is 4.79 Å². The number of benzene rings is 1. The Morgan fingerprint density at radius 2 is 1.75 bits per heavy atom. The Hall–Kier alpha value is -1.79. The van der Waals surface area contributed by atoms with Crippen molar-refractivity contribution in [3.63, 3.8) is 0 Å². The Balaban J connectivity index is 0.00000280. The zero-order valence-electron chi connectivity index (χ0n) is 16.6. The first kappa shape index (κ1) is 22.5. The highest BCUT2D eigenvalue weighted by Gasteiger charge is 2.39. The topological polar surface area (TPSA) is 96.2 Å². The third-order valence-electron chi connectivity index (χ3n) is 5.82. The summed E-state index contributed by atoms with van der Waals surface area (Å²) in [6.45, 7) is 2.66. The Bertz CT molecular complexity index is 638. The van der Waals surface area contributed by atoms with E-state index in [-0.39, 0.29) is 30.4 Å². The zero-order chi connectivity index (χ0) is 19.2. The van der Waals surface area contributed by atoms with Gasteiger partial charge >= 0.3 is 6.03 Å². The molecule has 0 heterocycles. The van der Waals surface area contributed by atoms with Gasteiger partial charge < -0.3 is 21.7 Å². The fourth-order valence-corrected chi connectivity index (χ4v) is 4.57. The SMILES string of the molecule is CCCNC(=O)Nc1ccc(CC(=O)NC2C3CCCC2CC(N)C3)cc1.Cl. The van der Waals surface area contributed by atoms with Crippen LogP contribution in [0.15, 0.2) is 24.3 Å². The normalized spacial score (nSPS) is 25.9. The number of carbonyl (C=O) groups excluding carboxylic acids is 2. The average Bonchev–Trinajstić information content (AvgIpc) is 2.62. The molecule has 0 saturated heterocycles. The summed E-state index contributed by atoms with van der Waals surface area (Å²) in [6.07, 6.45) is 6.93. The molecule has 0 aromatic heterocycles. The van der Waals surface area contributed by atoms with E-state index in [0.717, 1.165) is 30.5 Å².